The SMILES string of the molecule is CCNC(=O)[C@H](Cc1ccccc1)N(Cc1ccc(Cl)c(Cl)c1)C(=O)CN(c1cc(Cl)cc(Cl)c1)S(=O)(=O)c1ccccc1. The number of hydrogen-bond donors (Lipinski definition) is 1. The maximum atomic E-state index is 14.4. The van der Waals surface area contributed by atoms with Gasteiger partial charge in [-0.25, -0.2) is 8.42 Å². The third-order valence-corrected chi connectivity index (χ3v) is 9.67. The number of halogens is 4. The van der Waals surface area contributed by atoms with Crippen molar-refractivity contribution in [2.45, 2.75) is 30.8 Å². The van der Waals surface area contributed by atoms with E-state index in [1.165, 1.54) is 35.2 Å². The van der Waals surface area contributed by atoms with Gasteiger partial charge in [0.05, 0.1) is 20.6 Å². The molecule has 1 atom stereocenters. The summed E-state index contributed by atoms with van der Waals surface area (Å²) in [6.45, 7) is 1.40. The molecule has 2 amide bonds. The van der Waals surface area contributed by atoms with Gasteiger partial charge in [-0.1, -0.05) is 101 Å². The fraction of sp³-hybridized carbons (Fsp3) is 0.188. The van der Waals surface area contributed by atoms with Gasteiger partial charge < -0.3 is 10.2 Å². The van der Waals surface area contributed by atoms with Crippen LogP contribution in [0.1, 0.15) is 18.1 Å². The van der Waals surface area contributed by atoms with E-state index in [-0.39, 0.29) is 38.6 Å². The van der Waals surface area contributed by atoms with E-state index in [1.54, 1.807) is 43.3 Å². The monoisotopic (exact) mass is 691 g/mol. The predicted octanol–water partition coefficient (Wildman–Crippen LogP) is 7.27. The Morgan fingerprint density at radius 1 is 0.773 bits per heavy atom. The van der Waals surface area contributed by atoms with Crippen LogP contribution in [0.25, 0.3) is 0 Å². The highest BCUT2D eigenvalue weighted by Crippen LogP contribution is 2.31. The Kier molecular flexibility index (Phi) is 11.6. The fourth-order valence-electron chi connectivity index (χ4n) is 4.61. The van der Waals surface area contributed by atoms with E-state index in [1.807, 2.05) is 30.3 Å². The highest BCUT2D eigenvalue weighted by Gasteiger charge is 2.34. The quantitative estimate of drug-likeness (QED) is 0.169. The summed E-state index contributed by atoms with van der Waals surface area (Å²) in [5.74, 6) is -1.04. The lowest BCUT2D eigenvalue weighted by Crippen LogP contribution is -2.53. The first-order valence-corrected chi connectivity index (χ1v) is 16.5. The first-order chi connectivity index (χ1) is 21.0. The van der Waals surface area contributed by atoms with Crippen LogP contribution >= 0.6 is 46.4 Å². The molecule has 0 radical (unpaired) electrons. The highest BCUT2D eigenvalue weighted by atomic mass is 35.5. The molecule has 0 fully saturated rings. The van der Waals surface area contributed by atoms with Crippen LogP contribution in [-0.2, 0) is 32.6 Å². The summed E-state index contributed by atoms with van der Waals surface area (Å²) in [6, 6.07) is 25.1. The molecule has 1 N–H and O–H groups in total. The van der Waals surface area contributed by atoms with Crippen molar-refractivity contribution >= 4 is 73.9 Å². The lowest BCUT2D eigenvalue weighted by Gasteiger charge is -2.34. The zero-order valence-corrected chi connectivity index (χ0v) is 27.4. The summed E-state index contributed by atoms with van der Waals surface area (Å²) in [5.41, 5.74) is 1.50. The zero-order chi connectivity index (χ0) is 31.9. The zero-order valence-electron chi connectivity index (χ0n) is 23.6. The summed E-state index contributed by atoms with van der Waals surface area (Å²) in [6.07, 6.45) is 0.175. The van der Waals surface area contributed by atoms with Gasteiger partial charge >= 0.3 is 0 Å². The van der Waals surface area contributed by atoms with Crippen molar-refractivity contribution in [1.82, 2.24) is 10.2 Å². The van der Waals surface area contributed by atoms with Crippen molar-refractivity contribution in [3.8, 4) is 0 Å². The number of benzene rings is 4. The Morgan fingerprint density at radius 3 is 1.98 bits per heavy atom. The van der Waals surface area contributed by atoms with Crippen LogP contribution < -0.4 is 9.62 Å². The molecule has 4 aromatic rings. The van der Waals surface area contributed by atoms with Gasteiger partial charge in [0.15, 0.2) is 0 Å². The Morgan fingerprint density at radius 2 is 1.39 bits per heavy atom. The molecule has 7 nitrogen and oxygen atoms in total. The third-order valence-electron chi connectivity index (χ3n) is 6.70. The molecule has 4 rings (SSSR count). The first kappa shape index (κ1) is 33.6. The normalized spacial score (nSPS) is 11.9. The molecule has 0 aromatic heterocycles. The van der Waals surface area contributed by atoms with Crippen molar-refractivity contribution in [2.24, 2.45) is 0 Å². The van der Waals surface area contributed by atoms with E-state index in [0.29, 0.717) is 17.1 Å². The molecule has 0 spiro atoms. The molecule has 230 valence electrons. The minimum absolute atomic E-state index is 0.0375. The second-order valence-corrected chi connectivity index (χ2v) is 13.4. The van der Waals surface area contributed by atoms with Crippen LogP contribution in [0, 0.1) is 0 Å². The van der Waals surface area contributed by atoms with Crippen LogP contribution in [0.2, 0.25) is 20.1 Å². The van der Waals surface area contributed by atoms with Gasteiger partial charge in [-0.3, -0.25) is 13.9 Å². The number of carbonyl (C=O) groups is 2. The molecule has 0 bridgehead atoms. The van der Waals surface area contributed by atoms with E-state index in [4.69, 9.17) is 46.4 Å². The van der Waals surface area contributed by atoms with Gasteiger partial charge in [0.2, 0.25) is 11.8 Å². The largest absolute Gasteiger partial charge is 0.355 e. The molecule has 4 aromatic carbocycles. The Balaban J connectivity index is 1.82. The maximum Gasteiger partial charge on any atom is 0.264 e. The molecule has 44 heavy (non-hydrogen) atoms. The summed E-state index contributed by atoms with van der Waals surface area (Å²) in [4.78, 5) is 29.3. The lowest BCUT2D eigenvalue weighted by molar-refractivity contribution is -0.140. The van der Waals surface area contributed by atoms with Crippen molar-refractivity contribution in [2.75, 3.05) is 17.4 Å². The second kappa shape index (κ2) is 15.1. The number of carbonyl (C=O) groups excluding carboxylic acids is 2. The minimum atomic E-state index is -4.29. The van der Waals surface area contributed by atoms with Gasteiger partial charge in [-0.15, -0.1) is 0 Å². The van der Waals surface area contributed by atoms with E-state index in [9.17, 15) is 18.0 Å². The molecule has 0 saturated carbocycles. The van der Waals surface area contributed by atoms with Crippen molar-refractivity contribution in [3.63, 3.8) is 0 Å². The van der Waals surface area contributed by atoms with Crippen LogP contribution in [0.4, 0.5) is 5.69 Å². The van der Waals surface area contributed by atoms with Crippen LogP contribution in [-0.4, -0.2) is 44.3 Å². The van der Waals surface area contributed by atoms with E-state index >= 15 is 0 Å². The van der Waals surface area contributed by atoms with Crippen LogP contribution in [0.15, 0.2) is 102 Å². The Hall–Kier alpha value is -3.27. The molecule has 0 aliphatic carbocycles. The molecule has 0 heterocycles. The van der Waals surface area contributed by atoms with Gasteiger partial charge in [-0.05, 0) is 60.5 Å². The van der Waals surface area contributed by atoms with Crippen molar-refractivity contribution in [3.05, 3.63) is 128 Å². The van der Waals surface area contributed by atoms with Gasteiger partial charge in [0.25, 0.3) is 10.0 Å². The minimum Gasteiger partial charge on any atom is -0.355 e. The van der Waals surface area contributed by atoms with E-state index < -0.39 is 34.4 Å². The molecule has 0 unspecified atom stereocenters. The number of amides is 2. The second-order valence-electron chi connectivity index (χ2n) is 9.82. The van der Waals surface area contributed by atoms with Gasteiger partial charge in [-0.2, -0.15) is 0 Å². The molecular formula is C32H29Cl4N3O4S. The third kappa shape index (κ3) is 8.46. The van der Waals surface area contributed by atoms with Gasteiger partial charge in [0, 0.05) is 29.6 Å². The van der Waals surface area contributed by atoms with Gasteiger partial charge in [0.1, 0.15) is 12.6 Å². The molecule has 0 aliphatic heterocycles. The molecular weight excluding hydrogens is 664 g/mol. The number of rotatable bonds is 12. The number of likely N-dealkylation sites (N-methyl/N-ethyl adjacent to an activating group) is 1. The Labute approximate surface area is 277 Å². The standard InChI is InChI=1S/C32H29Cl4N3O4S/c1-2-37-32(41)30(16-22-9-5-3-6-10-22)38(20-23-13-14-28(35)29(36)15-23)31(40)21-39(26-18-24(33)17-25(34)19-26)44(42,43)27-11-7-4-8-12-27/h3-15,17-19,30H,2,16,20-21H2,1H3,(H,37,41)/t30-/m0/s1. The molecule has 0 saturated heterocycles. The first-order valence-electron chi connectivity index (χ1n) is 13.6. The number of hydrogen-bond acceptors (Lipinski definition) is 4. The lowest BCUT2D eigenvalue weighted by atomic mass is 10.0. The van der Waals surface area contributed by atoms with Crippen molar-refractivity contribution < 1.29 is 18.0 Å². The predicted molar refractivity (Wildman–Crippen MR) is 177 cm³/mol. The molecule has 0 aliphatic rings. The van der Waals surface area contributed by atoms with E-state index in [0.717, 1.165) is 9.87 Å². The highest BCUT2D eigenvalue weighted by molar-refractivity contribution is 7.92. The topological polar surface area (TPSA) is 86.8 Å². The summed E-state index contributed by atoms with van der Waals surface area (Å²) in [7, 11) is -4.29. The average molecular weight is 693 g/mol. The number of sulfonamides is 1. The van der Waals surface area contributed by atoms with Crippen LogP contribution in [0.3, 0.4) is 0 Å². The number of anilines is 1. The molecule has 12 heteroatoms. The summed E-state index contributed by atoms with van der Waals surface area (Å²) < 4.78 is 29.0. The van der Waals surface area contributed by atoms with Crippen LogP contribution in [0.5, 0.6) is 0 Å². The Bertz CT molecular complexity index is 1700. The maximum absolute atomic E-state index is 14.4. The fourth-order valence-corrected chi connectivity index (χ4v) is 6.87. The summed E-state index contributed by atoms with van der Waals surface area (Å²) >= 11 is 25.0. The van der Waals surface area contributed by atoms with Crippen molar-refractivity contribution in [1.29, 1.82) is 0 Å². The smallest absolute Gasteiger partial charge is 0.264 e. The number of nitrogens with one attached hydrogen (secondary N) is 1. The summed E-state index contributed by atoms with van der Waals surface area (Å²) in [5, 5.41) is 3.79. The average Bonchev–Trinajstić information content (AvgIpc) is 2.99. The number of nitrogens with zero attached hydrogens (tertiary/aromatic N) is 2. The van der Waals surface area contributed by atoms with E-state index in [2.05, 4.69) is 5.32 Å².